The van der Waals surface area contributed by atoms with Gasteiger partial charge in [0.05, 0.1) is 18.6 Å². The van der Waals surface area contributed by atoms with E-state index in [2.05, 4.69) is 12.2 Å². The van der Waals surface area contributed by atoms with Crippen LogP contribution in [0.25, 0.3) is 0 Å². The molecule has 0 aromatic rings. The Kier molecular flexibility index (Phi) is 4.74. The van der Waals surface area contributed by atoms with E-state index in [0.717, 1.165) is 19.4 Å². The molecular formula is C12H23NO3. The summed E-state index contributed by atoms with van der Waals surface area (Å²) < 4.78 is 10.4. The molecule has 0 aliphatic carbocycles. The zero-order valence-corrected chi connectivity index (χ0v) is 10.7. The summed E-state index contributed by atoms with van der Waals surface area (Å²) in [5, 5.41) is 3.35. The van der Waals surface area contributed by atoms with Gasteiger partial charge in [0.1, 0.15) is 0 Å². The van der Waals surface area contributed by atoms with E-state index < -0.39 is 5.41 Å². The highest BCUT2D eigenvalue weighted by Gasteiger charge is 2.30. The monoisotopic (exact) mass is 229 g/mol. The predicted molar refractivity (Wildman–Crippen MR) is 62.2 cm³/mol. The molecule has 2 atom stereocenters. The lowest BCUT2D eigenvalue weighted by Gasteiger charge is -2.26. The normalized spacial score (nSPS) is 23.1. The third-order valence-corrected chi connectivity index (χ3v) is 3.13. The molecule has 1 aliphatic rings. The molecule has 0 spiro atoms. The first-order valence-electron chi connectivity index (χ1n) is 5.91. The van der Waals surface area contributed by atoms with Gasteiger partial charge in [-0.15, -0.1) is 0 Å². The SMILES string of the molecule is COC(=O)C(C)(C)CNC(C)C1CCCO1. The van der Waals surface area contributed by atoms with Crippen molar-refractivity contribution in [2.75, 3.05) is 20.3 Å². The summed E-state index contributed by atoms with van der Waals surface area (Å²) in [6.07, 6.45) is 2.53. The summed E-state index contributed by atoms with van der Waals surface area (Å²) >= 11 is 0. The molecular weight excluding hydrogens is 206 g/mol. The number of carbonyl (C=O) groups excluding carboxylic acids is 1. The molecule has 0 aromatic heterocycles. The first kappa shape index (κ1) is 13.5. The molecule has 94 valence electrons. The summed E-state index contributed by atoms with van der Waals surface area (Å²) in [5.74, 6) is -0.181. The molecule has 4 nitrogen and oxygen atoms in total. The van der Waals surface area contributed by atoms with Crippen molar-refractivity contribution < 1.29 is 14.3 Å². The van der Waals surface area contributed by atoms with Crippen molar-refractivity contribution in [1.82, 2.24) is 5.32 Å². The fraction of sp³-hybridized carbons (Fsp3) is 0.917. The van der Waals surface area contributed by atoms with E-state index >= 15 is 0 Å². The zero-order chi connectivity index (χ0) is 12.2. The van der Waals surface area contributed by atoms with Gasteiger partial charge in [0, 0.05) is 19.2 Å². The van der Waals surface area contributed by atoms with E-state index in [4.69, 9.17) is 9.47 Å². The summed E-state index contributed by atoms with van der Waals surface area (Å²) in [6, 6.07) is 0.284. The maximum atomic E-state index is 11.5. The Morgan fingerprint density at radius 3 is 2.81 bits per heavy atom. The highest BCUT2D eigenvalue weighted by Crippen LogP contribution is 2.19. The van der Waals surface area contributed by atoms with Crippen LogP contribution in [0, 0.1) is 5.41 Å². The molecule has 4 heteroatoms. The van der Waals surface area contributed by atoms with Crippen LogP contribution in [0.5, 0.6) is 0 Å². The number of rotatable bonds is 5. The fourth-order valence-electron chi connectivity index (χ4n) is 1.89. The lowest BCUT2D eigenvalue weighted by molar-refractivity contribution is -0.150. The van der Waals surface area contributed by atoms with Gasteiger partial charge < -0.3 is 14.8 Å². The van der Waals surface area contributed by atoms with E-state index in [1.54, 1.807) is 0 Å². The van der Waals surface area contributed by atoms with Gasteiger partial charge in [-0.25, -0.2) is 0 Å². The Labute approximate surface area is 97.7 Å². The summed E-state index contributed by atoms with van der Waals surface area (Å²) in [6.45, 7) is 7.34. The Balaban J connectivity index is 2.35. The van der Waals surface area contributed by atoms with Crippen molar-refractivity contribution in [2.24, 2.45) is 5.41 Å². The number of carbonyl (C=O) groups is 1. The highest BCUT2D eigenvalue weighted by molar-refractivity contribution is 5.76. The third-order valence-electron chi connectivity index (χ3n) is 3.13. The third kappa shape index (κ3) is 3.46. The Morgan fingerprint density at radius 1 is 1.62 bits per heavy atom. The maximum Gasteiger partial charge on any atom is 0.312 e. The molecule has 1 rings (SSSR count). The Morgan fingerprint density at radius 2 is 2.31 bits per heavy atom. The molecule has 1 heterocycles. The topological polar surface area (TPSA) is 47.6 Å². The Hall–Kier alpha value is -0.610. The minimum Gasteiger partial charge on any atom is -0.469 e. The van der Waals surface area contributed by atoms with Crippen LogP contribution in [0.1, 0.15) is 33.6 Å². The number of esters is 1. The second kappa shape index (κ2) is 5.64. The standard InChI is InChI=1S/C12H23NO3/c1-9(10-6-5-7-16-10)13-8-12(2,3)11(14)15-4/h9-10,13H,5-8H2,1-4H3. The van der Waals surface area contributed by atoms with Crippen LogP contribution >= 0.6 is 0 Å². The number of hydrogen-bond acceptors (Lipinski definition) is 4. The predicted octanol–water partition coefficient (Wildman–Crippen LogP) is 1.34. The van der Waals surface area contributed by atoms with Crippen molar-refractivity contribution in [3.63, 3.8) is 0 Å². The molecule has 1 N–H and O–H groups in total. The van der Waals surface area contributed by atoms with Crippen LogP contribution in [-0.2, 0) is 14.3 Å². The van der Waals surface area contributed by atoms with Crippen molar-refractivity contribution in [2.45, 2.75) is 45.8 Å². The molecule has 0 radical (unpaired) electrons. The molecule has 2 unspecified atom stereocenters. The van der Waals surface area contributed by atoms with Crippen molar-refractivity contribution in [1.29, 1.82) is 0 Å². The lowest BCUT2D eigenvalue weighted by Crippen LogP contribution is -2.44. The van der Waals surface area contributed by atoms with E-state index in [9.17, 15) is 4.79 Å². The quantitative estimate of drug-likeness (QED) is 0.723. The first-order chi connectivity index (χ1) is 7.47. The van der Waals surface area contributed by atoms with Crippen LogP contribution < -0.4 is 5.32 Å². The summed E-state index contributed by atoms with van der Waals surface area (Å²) in [7, 11) is 1.42. The summed E-state index contributed by atoms with van der Waals surface area (Å²) in [5.41, 5.74) is -0.485. The zero-order valence-electron chi connectivity index (χ0n) is 10.7. The average molecular weight is 229 g/mol. The fourth-order valence-corrected chi connectivity index (χ4v) is 1.89. The number of ether oxygens (including phenoxy) is 2. The number of hydrogen-bond donors (Lipinski definition) is 1. The average Bonchev–Trinajstić information content (AvgIpc) is 2.78. The van der Waals surface area contributed by atoms with Crippen LogP contribution in [-0.4, -0.2) is 38.4 Å². The van der Waals surface area contributed by atoms with Gasteiger partial charge >= 0.3 is 5.97 Å². The van der Waals surface area contributed by atoms with Crippen LogP contribution in [0.15, 0.2) is 0 Å². The maximum absolute atomic E-state index is 11.5. The van der Waals surface area contributed by atoms with Crippen LogP contribution in [0.3, 0.4) is 0 Å². The molecule has 1 fully saturated rings. The second-order valence-electron chi connectivity index (χ2n) is 5.10. The van der Waals surface area contributed by atoms with Gasteiger partial charge in [0.2, 0.25) is 0 Å². The largest absolute Gasteiger partial charge is 0.469 e. The van der Waals surface area contributed by atoms with Gasteiger partial charge in [-0.2, -0.15) is 0 Å². The molecule has 1 saturated heterocycles. The molecule has 0 amide bonds. The molecule has 0 aromatic carbocycles. The highest BCUT2D eigenvalue weighted by atomic mass is 16.5. The minimum absolute atomic E-state index is 0.181. The molecule has 0 saturated carbocycles. The molecule has 0 bridgehead atoms. The van der Waals surface area contributed by atoms with Gasteiger partial charge in [0.15, 0.2) is 0 Å². The Bertz CT molecular complexity index is 234. The smallest absolute Gasteiger partial charge is 0.312 e. The first-order valence-corrected chi connectivity index (χ1v) is 5.91. The van der Waals surface area contributed by atoms with E-state index in [0.29, 0.717) is 6.54 Å². The van der Waals surface area contributed by atoms with E-state index in [1.165, 1.54) is 7.11 Å². The van der Waals surface area contributed by atoms with Gasteiger partial charge in [-0.05, 0) is 33.6 Å². The number of nitrogens with one attached hydrogen (secondary N) is 1. The van der Waals surface area contributed by atoms with Crippen molar-refractivity contribution in [3.8, 4) is 0 Å². The lowest BCUT2D eigenvalue weighted by atomic mass is 9.93. The van der Waals surface area contributed by atoms with E-state index in [-0.39, 0.29) is 18.1 Å². The van der Waals surface area contributed by atoms with E-state index in [1.807, 2.05) is 13.8 Å². The molecule has 16 heavy (non-hydrogen) atoms. The second-order valence-corrected chi connectivity index (χ2v) is 5.10. The molecule has 1 aliphatic heterocycles. The van der Waals surface area contributed by atoms with Gasteiger partial charge in [-0.3, -0.25) is 4.79 Å². The van der Waals surface area contributed by atoms with Gasteiger partial charge in [-0.1, -0.05) is 0 Å². The van der Waals surface area contributed by atoms with Crippen molar-refractivity contribution in [3.05, 3.63) is 0 Å². The number of methoxy groups -OCH3 is 1. The summed E-state index contributed by atoms with van der Waals surface area (Å²) in [4.78, 5) is 11.5. The van der Waals surface area contributed by atoms with Gasteiger partial charge in [0.25, 0.3) is 0 Å². The van der Waals surface area contributed by atoms with Crippen LogP contribution in [0.4, 0.5) is 0 Å². The van der Waals surface area contributed by atoms with Crippen molar-refractivity contribution >= 4 is 5.97 Å². The van der Waals surface area contributed by atoms with Crippen LogP contribution in [0.2, 0.25) is 0 Å². The minimum atomic E-state index is -0.485.